The number of para-hydroxylation sites is 1. The maximum Gasteiger partial charge on any atom is 0.258 e. The molecule has 0 saturated carbocycles. The Morgan fingerprint density at radius 3 is 2.48 bits per heavy atom. The van der Waals surface area contributed by atoms with Crippen molar-refractivity contribution in [3.05, 3.63) is 70.3 Å². The number of hydrogen-bond acceptors (Lipinski definition) is 6. The van der Waals surface area contributed by atoms with Crippen LogP contribution in [-0.2, 0) is 16.1 Å². The highest BCUT2D eigenvalue weighted by Gasteiger charge is 2.14. The molecule has 0 saturated heterocycles. The Kier molecular flexibility index (Phi) is 7.40. The second-order valence-electron chi connectivity index (χ2n) is 6.76. The van der Waals surface area contributed by atoms with Crippen molar-refractivity contribution in [3.8, 4) is 11.5 Å². The van der Waals surface area contributed by atoms with Crippen LogP contribution in [0.25, 0.3) is 17.0 Å². The normalized spacial score (nSPS) is 11.1. The standard InChI is InChI=1S/C23H25N3O5/c1-29-11-10-26(15-21-24-20-7-5-4-6-19(20)23(28)25-21)22(27)9-8-16-12-17(30-2)14-18(13-16)31-3/h4-9,12-14H,10-11,15H2,1-3H3,(H,24,25,28)/b9-8+. The van der Waals surface area contributed by atoms with Crippen LogP contribution in [-0.4, -0.2) is 55.3 Å². The van der Waals surface area contributed by atoms with Crippen molar-refractivity contribution in [3.63, 3.8) is 0 Å². The Morgan fingerprint density at radius 2 is 1.81 bits per heavy atom. The fourth-order valence-electron chi connectivity index (χ4n) is 3.06. The van der Waals surface area contributed by atoms with Crippen molar-refractivity contribution in [2.24, 2.45) is 0 Å². The fourth-order valence-corrected chi connectivity index (χ4v) is 3.06. The molecule has 0 atom stereocenters. The largest absolute Gasteiger partial charge is 0.497 e. The van der Waals surface area contributed by atoms with Gasteiger partial charge < -0.3 is 24.1 Å². The highest BCUT2D eigenvalue weighted by atomic mass is 16.5. The van der Waals surface area contributed by atoms with E-state index in [1.54, 1.807) is 68.7 Å². The van der Waals surface area contributed by atoms with Gasteiger partial charge in [-0.15, -0.1) is 0 Å². The first-order valence-electron chi connectivity index (χ1n) is 9.71. The van der Waals surface area contributed by atoms with Gasteiger partial charge in [0.1, 0.15) is 17.3 Å². The maximum atomic E-state index is 12.9. The number of nitrogens with one attached hydrogen (secondary N) is 1. The van der Waals surface area contributed by atoms with Gasteiger partial charge in [-0.2, -0.15) is 0 Å². The van der Waals surface area contributed by atoms with Gasteiger partial charge in [0.15, 0.2) is 0 Å². The van der Waals surface area contributed by atoms with Crippen LogP contribution in [0.2, 0.25) is 0 Å². The van der Waals surface area contributed by atoms with E-state index in [9.17, 15) is 9.59 Å². The molecule has 3 rings (SSSR count). The van der Waals surface area contributed by atoms with E-state index < -0.39 is 0 Å². The van der Waals surface area contributed by atoms with Crippen LogP contribution < -0.4 is 15.0 Å². The van der Waals surface area contributed by atoms with Gasteiger partial charge in [-0.3, -0.25) is 9.59 Å². The minimum absolute atomic E-state index is 0.147. The Morgan fingerprint density at radius 1 is 1.10 bits per heavy atom. The molecule has 8 nitrogen and oxygen atoms in total. The van der Waals surface area contributed by atoms with E-state index in [0.717, 1.165) is 5.56 Å². The number of carbonyl (C=O) groups is 1. The van der Waals surface area contributed by atoms with E-state index in [4.69, 9.17) is 14.2 Å². The molecule has 0 aliphatic carbocycles. The summed E-state index contributed by atoms with van der Waals surface area (Å²) in [7, 11) is 4.70. The number of carbonyl (C=O) groups excluding carboxylic acids is 1. The molecule has 0 aliphatic heterocycles. The number of nitrogens with zero attached hydrogens (tertiary/aromatic N) is 2. The molecule has 0 radical (unpaired) electrons. The first kappa shape index (κ1) is 22.0. The number of hydrogen-bond donors (Lipinski definition) is 1. The third kappa shape index (κ3) is 5.70. The van der Waals surface area contributed by atoms with Gasteiger partial charge in [0.2, 0.25) is 5.91 Å². The summed E-state index contributed by atoms with van der Waals surface area (Å²) in [4.78, 5) is 34.0. The monoisotopic (exact) mass is 423 g/mol. The zero-order chi connectivity index (χ0) is 22.2. The molecule has 1 N–H and O–H groups in total. The van der Waals surface area contributed by atoms with E-state index in [0.29, 0.717) is 41.4 Å². The molecule has 0 aliphatic rings. The summed E-state index contributed by atoms with van der Waals surface area (Å²) in [5.41, 5.74) is 1.10. The van der Waals surface area contributed by atoms with E-state index in [2.05, 4.69) is 9.97 Å². The van der Waals surface area contributed by atoms with Gasteiger partial charge in [-0.1, -0.05) is 12.1 Å². The molecule has 0 fully saturated rings. The molecule has 0 unspecified atom stereocenters. The third-order valence-corrected chi connectivity index (χ3v) is 4.67. The number of H-pyrrole nitrogens is 1. The van der Waals surface area contributed by atoms with Crippen molar-refractivity contribution in [2.45, 2.75) is 6.54 Å². The van der Waals surface area contributed by atoms with E-state index in [-0.39, 0.29) is 18.0 Å². The van der Waals surface area contributed by atoms with Crippen molar-refractivity contribution >= 4 is 22.9 Å². The summed E-state index contributed by atoms with van der Waals surface area (Å²) >= 11 is 0. The van der Waals surface area contributed by atoms with Crippen LogP contribution in [0.3, 0.4) is 0 Å². The molecule has 1 heterocycles. The lowest BCUT2D eigenvalue weighted by Crippen LogP contribution is -2.33. The maximum absolute atomic E-state index is 12.9. The molecule has 31 heavy (non-hydrogen) atoms. The lowest BCUT2D eigenvalue weighted by atomic mass is 10.2. The summed E-state index contributed by atoms with van der Waals surface area (Å²) in [6.45, 7) is 0.843. The zero-order valence-electron chi connectivity index (χ0n) is 17.8. The van der Waals surface area contributed by atoms with Crippen molar-refractivity contribution in [1.82, 2.24) is 14.9 Å². The van der Waals surface area contributed by atoms with Gasteiger partial charge in [0.25, 0.3) is 5.56 Å². The van der Waals surface area contributed by atoms with Crippen LogP contribution in [0, 0.1) is 0 Å². The Hall–Kier alpha value is -3.65. The number of benzene rings is 2. The predicted molar refractivity (Wildman–Crippen MR) is 118 cm³/mol. The first-order valence-corrected chi connectivity index (χ1v) is 9.71. The Bertz CT molecular complexity index is 1120. The first-order chi connectivity index (χ1) is 15.0. The molecule has 1 amide bonds. The molecule has 8 heteroatoms. The molecule has 3 aromatic rings. The minimum atomic E-state index is -0.241. The molecule has 0 spiro atoms. The fraction of sp³-hybridized carbons (Fsp3) is 0.261. The number of ether oxygens (including phenoxy) is 3. The highest BCUT2D eigenvalue weighted by Crippen LogP contribution is 2.23. The molecular weight excluding hydrogens is 398 g/mol. The van der Waals surface area contributed by atoms with Gasteiger partial charge in [-0.25, -0.2) is 4.98 Å². The number of amides is 1. The van der Waals surface area contributed by atoms with Crippen LogP contribution in [0.4, 0.5) is 0 Å². The predicted octanol–water partition coefficient (Wildman–Crippen LogP) is 2.63. The number of aromatic nitrogens is 2. The smallest absolute Gasteiger partial charge is 0.258 e. The summed E-state index contributed by atoms with van der Waals surface area (Å²) in [6.07, 6.45) is 3.15. The quantitative estimate of drug-likeness (QED) is 0.532. The summed E-state index contributed by atoms with van der Waals surface area (Å²) in [6, 6.07) is 12.4. The molecule has 2 aromatic carbocycles. The van der Waals surface area contributed by atoms with Crippen LogP contribution in [0.15, 0.2) is 53.3 Å². The number of aromatic amines is 1. The molecule has 1 aromatic heterocycles. The lowest BCUT2D eigenvalue weighted by molar-refractivity contribution is -0.127. The average Bonchev–Trinajstić information content (AvgIpc) is 2.79. The Balaban J connectivity index is 1.83. The highest BCUT2D eigenvalue weighted by molar-refractivity contribution is 5.92. The van der Waals surface area contributed by atoms with Crippen LogP contribution >= 0.6 is 0 Å². The van der Waals surface area contributed by atoms with Crippen LogP contribution in [0.5, 0.6) is 11.5 Å². The number of rotatable bonds is 9. The van der Waals surface area contributed by atoms with Gasteiger partial charge in [0.05, 0.1) is 38.3 Å². The Labute approximate surface area is 180 Å². The van der Waals surface area contributed by atoms with E-state index >= 15 is 0 Å². The molecule has 162 valence electrons. The molecular formula is C23H25N3O5. The summed E-state index contributed by atoms with van der Waals surface area (Å²) < 4.78 is 15.7. The van der Waals surface area contributed by atoms with Crippen LogP contribution in [0.1, 0.15) is 11.4 Å². The zero-order valence-corrected chi connectivity index (χ0v) is 17.8. The number of methoxy groups -OCH3 is 3. The lowest BCUT2D eigenvalue weighted by Gasteiger charge is -2.20. The van der Waals surface area contributed by atoms with E-state index in [1.807, 2.05) is 6.07 Å². The van der Waals surface area contributed by atoms with Gasteiger partial charge >= 0.3 is 0 Å². The topological polar surface area (TPSA) is 93.8 Å². The summed E-state index contributed by atoms with van der Waals surface area (Å²) in [5, 5.41) is 0.507. The second-order valence-corrected chi connectivity index (χ2v) is 6.76. The minimum Gasteiger partial charge on any atom is -0.497 e. The van der Waals surface area contributed by atoms with Gasteiger partial charge in [0, 0.05) is 25.8 Å². The molecule has 0 bridgehead atoms. The van der Waals surface area contributed by atoms with Crippen molar-refractivity contribution in [2.75, 3.05) is 34.5 Å². The van der Waals surface area contributed by atoms with Gasteiger partial charge in [-0.05, 0) is 35.9 Å². The third-order valence-electron chi connectivity index (χ3n) is 4.67. The average molecular weight is 423 g/mol. The number of fused-ring (bicyclic) bond motifs is 1. The van der Waals surface area contributed by atoms with E-state index in [1.165, 1.54) is 6.08 Å². The van der Waals surface area contributed by atoms with Crippen molar-refractivity contribution in [1.29, 1.82) is 0 Å². The second kappa shape index (κ2) is 10.4. The van der Waals surface area contributed by atoms with Crippen molar-refractivity contribution < 1.29 is 19.0 Å². The summed E-state index contributed by atoms with van der Waals surface area (Å²) in [5.74, 6) is 1.42. The SMILES string of the molecule is COCCN(Cc1nc2ccccc2c(=O)[nH]1)C(=O)/C=C/c1cc(OC)cc(OC)c1.